The zero-order valence-corrected chi connectivity index (χ0v) is 22.4. The van der Waals surface area contributed by atoms with E-state index in [0.717, 1.165) is 5.56 Å². The smallest absolute Gasteiger partial charge is 0.410 e. The Balaban J connectivity index is 1.39. The third-order valence-corrected chi connectivity index (χ3v) is 6.21. The maximum atomic E-state index is 13.1. The molecular formula is C29H34N6O4. The molecule has 0 radical (unpaired) electrons. The molecule has 0 saturated carbocycles. The highest BCUT2D eigenvalue weighted by Crippen LogP contribution is 2.21. The van der Waals surface area contributed by atoms with Crippen molar-refractivity contribution in [3.63, 3.8) is 0 Å². The molecular weight excluding hydrogens is 496 g/mol. The summed E-state index contributed by atoms with van der Waals surface area (Å²) in [7, 11) is 0. The molecule has 0 unspecified atom stereocenters. The number of hydrogen-bond acceptors (Lipinski definition) is 7. The van der Waals surface area contributed by atoms with Crippen LogP contribution in [0.2, 0.25) is 0 Å². The maximum Gasteiger partial charge on any atom is 0.410 e. The van der Waals surface area contributed by atoms with Crippen molar-refractivity contribution < 1.29 is 19.1 Å². The number of amides is 3. The number of aromatic nitrogens is 2. The van der Waals surface area contributed by atoms with Crippen molar-refractivity contribution in [1.29, 1.82) is 0 Å². The number of likely N-dealkylation sites (tertiary alicyclic amines) is 1. The number of nitrogens with one attached hydrogen (secondary N) is 2. The number of benzene rings is 2. The molecule has 1 aromatic heterocycles. The van der Waals surface area contributed by atoms with Gasteiger partial charge in [0.1, 0.15) is 5.60 Å². The van der Waals surface area contributed by atoms with Gasteiger partial charge < -0.3 is 26.0 Å². The van der Waals surface area contributed by atoms with Crippen molar-refractivity contribution in [2.75, 3.05) is 18.8 Å². The number of nitrogen functional groups attached to an aromatic ring is 1. The van der Waals surface area contributed by atoms with Crippen LogP contribution in [0.25, 0.3) is 11.3 Å². The SMILES string of the molecule is CC(C)(C)OC(=O)N1CCC(NC(=O)c2nc(-c3cccc(C(=O)NCc4ccccc4)c3)cnc2N)CC1. The van der Waals surface area contributed by atoms with E-state index in [1.807, 2.05) is 51.1 Å². The second kappa shape index (κ2) is 11.9. The van der Waals surface area contributed by atoms with Crippen molar-refractivity contribution in [3.8, 4) is 11.3 Å². The van der Waals surface area contributed by atoms with Crippen LogP contribution in [-0.4, -0.2) is 57.5 Å². The molecule has 4 rings (SSSR count). The van der Waals surface area contributed by atoms with E-state index in [9.17, 15) is 14.4 Å². The first kappa shape index (κ1) is 27.6. The van der Waals surface area contributed by atoms with Gasteiger partial charge in [0.05, 0.1) is 11.9 Å². The summed E-state index contributed by atoms with van der Waals surface area (Å²) in [5.74, 6) is -0.645. The van der Waals surface area contributed by atoms with Gasteiger partial charge in [-0.25, -0.2) is 14.8 Å². The fraction of sp³-hybridized carbons (Fsp3) is 0.345. The zero-order valence-electron chi connectivity index (χ0n) is 22.4. The van der Waals surface area contributed by atoms with Crippen LogP contribution >= 0.6 is 0 Å². The lowest BCUT2D eigenvalue weighted by atomic mass is 10.0. The van der Waals surface area contributed by atoms with Crippen molar-refractivity contribution in [2.45, 2.75) is 51.8 Å². The summed E-state index contributed by atoms with van der Waals surface area (Å²) < 4.78 is 5.43. The molecule has 4 N–H and O–H groups in total. The van der Waals surface area contributed by atoms with E-state index in [2.05, 4.69) is 20.6 Å². The van der Waals surface area contributed by atoms with E-state index in [1.165, 1.54) is 6.20 Å². The van der Waals surface area contributed by atoms with Crippen LogP contribution < -0.4 is 16.4 Å². The van der Waals surface area contributed by atoms with Crippen LogP contribution in [0.5, 0.6) is 0 Å². The number of hydrogen-bond donors (Lipinski definition) is 3. The Morgan fingerprint density at radius 1 is 1.03 bits per heavy atom. The second-order valence-corrected chi connectivity index (χ2v) is 10.5. The minimum Gasteiger partial charge on any atom is -0.444 e. The van der Waals surface area contributed by atoms with E-state index >= 15 is 0 Å². The molecule has 1 saturated heterocycles. The number of nitrogens with two attached hydrogens (primary N) is 1. The van der Waals surface area contributed by atoms with E-state index in [1.54, 1.807) is 29.2 Å². The van der Waals surface area contributed by atoms with Crippen molar-refractivity contribution >= 4 is 23.7 Å². The van der Waals surface area contributed by atoms with Gasteiger partial charge in [0.25, 0.3) is 11.8 Å². The molecule has 39 heavy (non-hydrogen) atoms. The Morgan fingerprint density at radius 2 is 1.74 bits per heavy atom. The average molecular weight is 531 g/mol. The zero-order chi connectivity index (χ0) is 28.0. The topological polar surface area (TPSA) is 140 Å². The summed E-state index contributed by atoms with van der Waals surface area (Å²) in [5, 5.41) is 5.87. The predicted molar refractivity (Wildman–Crippen MR) is 148 cm³/mol. The third-order valence-electron chi connectivity index (χ3n) is 6.21. The first-order valence-corrected chi connectivity index (χ1v) is 12.9. The molecule has 10 heteroatoms. The summed E-state index contributed by atoms with van der Waals surface area (Å²) in [5.41, 5.74) is 7.97. The van der Waals surface area contributed by atoms with Gasteiger partial charge in [-0.05, 0) is 51.3 Å². The summed E-state index contributed by atoms with van der Waals surface area (Å²) in [4.78, 5) is 48.4. The molecule has 1 fully saturated rings. The molecule has 2 heterocycles. The molecule has 204 valence electrons. The Kier molecular flexibility index (Phi) is 8.43. The second-order valence-electron chi connectivity index (χ2n) is 10.5. The number of ether oxygens (including phenoxy) is 1. The first-order chi connectivity index (χ1) is 18.6. The summed E-state index contributed by atoms with van der Waals surface area (Å²) in [6.07, 6.45) is 2.29. The highest BCUT2D eigenvalue weighted by atomic mass is 16.6. The Hall–Kier alpha value is -4.47. The summed E-state index contributed by atoms with van der Waals surface area (Å²) in [6.45, 7) is 6.84. The van der Waals surface area contributed by atoms with Gasteiger partial charge in [0.15, 0.2) is 11.5 Å². The average Bonchev–Trinajstić information content (AvgIpc) is 2.92. The van der Waals surface area contributed by atoms with E-state index in [4.69, 9.17) is 10.5 Å². The van der Waals surface area contributed by atoms with E-state index < -0.39 is 11.5 Å². The number of carbonyl (C=O) groups is 3. The van der Waals surface area contributed by atoms with Crippen LogP contribution in [0.4, 0.5) is 10.6 Å². The normalized spacial score (nSPS) is 14.0. The van der Waals surface area contributed by atoms with Gasteiger partial charge in [-0.2, -0.15) is 0 Å². The van der Waals surface area contributed by atoms with Gasteiger partial charge in [-0.15, -0.1) is 0 Å². The molecule has 2 aromatic carbocycles. The molecule has 0 atom stereocenters. The van der Waals surface area contributed by atoms with E-state index in [0.29, 0.717) is 49.3 Å². The molecule has 0 aliphatic carbocycles. The maximum absolute atomic E-state index is 13.1. The predicted octanol–water partition coefficient (Wildman–Crippen LogP) is 3.79. The highest BCUT2D eigenvalue weighted by molar-refractivity contribution is 5.97. The van der Waals surface area contributed by atoms with Gasteiger partial charge >= 0.3 is 6.09 Å². The monoisotopic (exact) mass is 530 g/mol. The molecule has 10 nitrogen and oxygen atoms in total. The first-order valence-electron chi connectivity index (χ1n) is 12.9. The molecule has 0 spiro atoms. The van der Waals surface area contributed by atoms with Crippen LogP contribution in [-0.2, 0) is 11.3 Å². The number of carbonyl (C=O) groups excluding carboxylic acids is 3. The van der Waals surface area contributed by atoms with Gasteiger partial charge in [-0.3, -0.25) is 9.59 Å². The van der Waals surface area contributed by atoms with Crippen molar-refractivity contribution in [2.24, 2.45) is 0 Å². The highest BCUT2D eigenvalue weighted by Gasteiger charge is 2.28. The van der Waals surface area contributed by atoms with Crippen LogP contribution in [0, 0.1) is 0 Å². The number of piperidine rings is 1. The minimum atomic E-state index is -0.561. The van der Waals surface area contributed by atoms with Gasteiger partial charge in [-0.1, -0.05) is 42.5 Å². The van der Waals surface area contributed by atoms with E-state index in [-0.39, 0.29) is 29.6 Å². The Labute approximate surface area is 228 Å². The number of anilines is 1. The van der Waals surface area contributed by atoms with Gasteiger partial charge in [0, 0.05) is 36.8 Å². The van der Waals surface area contributed by atoms with Crippen LogP contribution in [0.1, 0.15) is 60.0 Å². The Bertz CT molecular complexity index is 1330. The van der Waals surface area contributed by atoms with Crippen molar-refractivity contribution in [3.05, 3.63) is 77.6 Å². The number of nitrogens with zero attached hydrogens (tertiary/aromatic N) is 3. The lowest BCUT2D eigenvalue weighted by Gasteiger charge is -2.33. The molecule has 3 aromatic rings. The fourth-order valence-electron chi connectivity index (χ4n) is 4.19. The van der Waals surface area contributed by atoms with Crippen LogP contribution in [0.3, 0.4) is 0 Å². The molecule has 1 aliphatic rings. The van der Waals surface area contributed by atoms with Gasteiger partial charge in [0.2, 0.25) is 0 Å². The lowest BCUT2D eigenvalue weighted by Crippen LogP contribution is -2.48. The third kappa shape index (κ3) is 7.53. The van der Waals surface area contributed by atoms with Crippen LogP contribution in [0.15, 0.2) is 60.8 Å². The Morgan fingerprint density at radius 3 is 2.44 bits per heavy atom. The lowest BCUT2D eigenvalue weighted by molar-refractivity contribution is 0.0199. The van der Waals surface area contributed by atoms with Crippen molar-refractivity contribution in [1.82, 2.24) is 25.5 Å². The molecule has 0 bridgehead atoms. The minimum absolute atomic E-state index is 0.0131. The standard InChI is InChI=1S/C29H34N6O4/c1-29(2,3)39-28(38)35-14-12-22(13-15-35)33-27(37)24-25(30)31-18-23(34-24)20-10-7-11-21(16-20)26(36)32-17-19-8-5-4-6-9-19/h4-11,16,18,22H,12-15,17H2,1-3H3,(H2,30,31)(H,32,36)(H,33,37). The quantitative estimate of drug-likeness (QED) is 0.441. The molecule has 1 aliphatic heterocycles. The largest absolute Gasteiger partial charge is 0.444 e. The fourth-order valence-corrected chi connectivity index (χ4v) is 4.19. The summed E-state index contributed by atoms with van der Waals surface area (Å²) in [6, 6.07) is 16.5. The number of rotatable bonds is 6. The molecule has 3 amide bonds. The summed E-state index contributed by atoms with van der Waals surface area (Å²) >= 11 is 0.